The van der Waals surface area contributed by atoms with Gasteiger partial charge in [0.25, 0.3) is 0 Å². The van der Waals surface area contributed by atoms with Crippen molar-refractivity contribution in [2.75, 3.05) is 6.54 Å². The van der Waals surface area contributed by atoms with Crippen LogP contribution < -0.4 is 5.73 Å². The standard InChI is InChI=1S/C13H21N3O/c1-13(2)8-11(14)4-6-16(13)12(17)7-10-3-5-15-9-10/h3,5,9,11,15H,4,6-8,14H2,1-2H3. The fourth-order valence-electron chi connectivity index (χ4n) is 2.65. The van der Waals surface area contributed by atoms with Crippen LogP contribution in [0.25, 0.3) is 0 Å². The van der Waals surface area contributed by atoms with Crippen molar-refractivity contribution in [2.45, 2.75) is 44.7 Å². The summed E-state index contributed by atoms with van der Waals surface area (Å²) in [6.07, 6.45) is 5.98. The Morgan fingerprint density at radius 1 is 1.65 bits per heavy atom. The molecule has 2 rings (SSSR count). The molecule has 0 radical (unpaired) electrons. The first-order chi connectivity index (χ1) is 7.99. The molecule has 1 unspecified atom stereocenters. The minimum atomic E-state index is -0.120. The molecule has 1 aliphatic rings. The molecule has 0 aliphatic carbocycles. The first-order valence-electron chi connectivity index (χ1n) is 6.17. The summed E-state index contributed by atoms with van der Waals surface area (Å²) in [6, 6.07) is 2.17. The van der Waals surface area contributed by atoms with Gasteiger partial charge in [0.2, 0.25) is 5.91 Å². The molecule has 1 amide bonds. The monoisotopic (exact) mass is 235 g/mol. The molecule has 4 nitrogen and oxygen atoms in total. The first kappa shape index (κ1) is 12.2. The lowest BCUT2D eigenvalue weighted by atomic mass is 9.87. The maximum atomic E-state index is 12.3. The number of nitrogens with zero attached hydrogens (tertiary/aromatic N) is 1. The number of piperidine rings is 1. The molecule has 0 aromatic carbocycles. The van der Waals surface area contributed by atoms with E-state index in [-0.39, 0.29) is 17.5 Å². The Hall–Kier alpha value is -1.29. The highest BCUT2D eigenvalue weighted by molar-refractivity contribution is 5.79. The zero-order valence-electron chi connectivity index (χ0n) is 10.6. The SMILES string of the molecule is CC1(C)CC(N)CCN1C(=O)Cc1cc[nH]c1. The van der Waals surface area contributed by atoms with E-state index >= 15 is 0 Å². The third-order valence-corrected chi connectivity index (χ3v) is 3.53. The molecule has 1 aliphatic heterocycles. The van der Waals surface area contributed by atoms with E-state index in [4.69, 9.17) is 5.73 Å². The van der Waals surface area contributed by atoms with Crippen molar-refractivity contribution in [1.82, 2.24) is 9.88 Å². The van der Waals surface area contributed by atoms with Crippen molar-refractivity contribution in [3.8, 4) is 0 Å². The van der Waals surface area contributed by atoms with Gasteiger partial charge in [-0.15, -0.1) is 0 Å². The van der Waals surface area contributed by atoms with Gasteiger partial charge in [-0.1, -0.05) is 0 Å². The van der Waals surface area contributed by atoms with Crippen molar-refractivity contribution in [3.05, 3.63) is 24.0 Å². The molecule has 94 valence electrons. The highest BCUT2D eigenvalue weighted by Gasteiger charge is 2.36. The highest BCUT2D eigenvalue weighted by atomic mass is 16.2. The van der Waals surface area contributed by atoms with Crippen molar-refractivity contribution in [1.29, 1.82) is 0 Å². The molecular formula is C13H21N3O. The second-order valence-corrected chi connectivity index (χ2v) is 5.51. The number of H-pyrrole nitrogens is 1. The number of hydrogen-bond acceptors (Lipinski definition) is 2. The van der Waals surface area contributed by atoms with Crippen LogP contribution in [0.2, 0.25) is 0 Å². The molecule has 1 aromatic heterocycles. The number of aromatic nitrogens is 1. The van der Waals surface area contributed by atoms with E-state index in [0.29, 0.717) is 6.42 Å². The molecule has 0 spiro atoms. The number of nitrogens with two attached hydrogens (primary N) is 1. The highest BCUT2D eigenvalue weighted by Crippen LogP contribution is 2.27. The van der Waals surface area contributed by atoms with Crippen molar-refractivity contribution < 1.29 is 4.79 Å². The minimum absolute atomic E-state index is 0.120. The minimum Gasteiger partial charge on any atom is -0.367 e. The van der Waals surface area contributed by atoms with Crippen LogP contribution >= 0.6 is 0 Å². The van der Waals surface area contributed by atoms with Crippen LogP contribution in [0.1, 0.15) is 32.3 Å². The Balaban J connectivity index is 2.04. The zero-order chi connectivity index (χ0) is 12.5. The lowest BCUT2D eigenvalue weighted by molar-refractivity contribution is -0.138. The van der Waals surface area contributed by atoms with Crippen LogP contribution in [0.3, 0.4) is 0 Å². The van der Waals surface area contributed by atoms with Gasteiger partial charge in [-0.2, -0.15) is 0 Å². The van der Waals surface area contributed by atoms with E-state index in [1.807, 2.05) is 23.4 Å². The second-order valence-electron chi connectivity index (χ2n) is 5.51. The van der Waals surface area contributed by atoms with Gasteiger partial charge in [0.15, 0.2) is 0 Å². The van der Waals surface area contributed by atoms with Gasteiger partial charge >= 0.3 is 0 Å². The molecule has 1 saturated heterocycles. The predicted octanol–water partition coefficient (Wildman–Crippen LogP) is 1.29. The van der Waals surface area contributed by atoms with E-state index in [2.05, 4.69) is 18.8 Å². The average Bonchev–Trinajstić information content (AvgIpc) is 2.68. The number of nitrogens with one attached hydrogen (secondary N) is 1. The summed E-state index contributed by atoms with van der Waals surface area (Å²) < 4.78 is 0. The van der Waals surface area contributed by atoms with Gasteiger partial charge in [0.1, 0.15) is 0 Å². The Kier molecular flexibility index (Phi) is 3.24. The summed E-state index contributed by atoms with van der Waals surface area (Å²) in [7, 11) is 0. The van der Waals surface area contributed by atoms with Gasteiger partial charge < -0.3 is 15.6 Å². The number of hydrogen-bond donors (Lipinski definition) is 2. The summed E-state index contributed by atoms with van der Waals surface area (Å²) in [5, 5.41) is 0. The molecular weight excluding hydrogens is 214 g/mol. The molecule has 3 N–H and O–H groups in total. The normalized spacial score (nSPS) is 23.7. The predicted molar refractivity (Wildman–Crippen MR) is 67.5 cm³/mol. The van der Waals surface area contributed by atoms with E-state index in [0.717, 1.165) is 24.9 Å². The average molecular weight is 235 g/mol. The Bertz CT molecular complexity index is 383. The largest absolute Gasteiger partial charge is 0.367 e. The molecule has 0 saturated carbocycles. The van der Waals surface area contributed by atoms with Crippen LogP contribution in [-0.4, -0.2) is 33.9 Å². The number of carbonyl (C=O) groups is 1. The maximum Gasteiger partial charge on any atom is 0.227 e. The third-order valence-electron chi connectivity index (χ3n) is 3.53. The lowest BCUT2D eigenvalue weighted by Crippen LogP contribution is -2.56. The number of aromatic amines is 1. The molecule has 1 fully saturated rings. The van der Waals surface area contributed by atoms with Crippen molar-refractivity contribution in [2.24, 2.45) is 5.73 Å². The van der Waals surface area contributed by atoms with Gasteiger partial charge in [-0.25, -0.2) is 0 Å². The molecule has 4 heteroatoms. The Morgan fingerprint density at radius 3 is 3.00 bits per heavy atom. The first-order valence-corrected chi connectivity index (χ1v) is 6.17. The molecule has 17 heavy (non-hydrogen) atoms. The fourth-order valence-corrected chi connectivity index (χ4v) is 2.65. The third kappa shape index (κ3) is 2.69. The number of amides is 1. The molecule has 1 atom stereocenters. The molecule has 2 heterocycles. The van der Waals surface area contributed by atoms with E-state index in [1.165, 1.54) is 0 Å². The lowest BCUT2D eigenvalue weighted by Gasteiger charge is -2.44. The summed E-state index contributed by atoms with van der Waals surface area (Å²) in [4.78, 5) is 17.2. The Labute approximate surface area is 102 Å². The zero-order valence-corrected chi connectivity index (χ0v) is 10.6. The number of carbonyl (C=O) groups excluding carboxylic acids is 1. The summed E-state index contributed by atoms with van der Waals surface area (Å²) in [5.41, 5.74) is 6.89. The van der Waals surface area contributed by atoms with Crippen molar-refractivity contribution >= 4 is 5.91 Å². The smallest absolute Gasteiger partial charge is 0.227 e. The van der Waals surface area contributed by atoms with Crippen molar-refractivity contribution in [3.63, 3.8) is 0 Å². The summed E-state index contributed by atoms with van der Waals surface area (Å²) in [5.74, 6) is 0.196. The summed E-state index contributed by atoms with van der Waals surface area (Å²) in [6.45, 7) is 4.97. The topological polar surface area (TPSA) is 62.1 Å². The van der Waals surface area contributed by atoms with Crippen LogP contribution in [-0.2, 0) is 11.2 Å². The fraction of sp³-hybridized carbons (Fsp3) is 0.615. The Morgan fingerprint density at radius 2 is 2.41 bits per heavy atom. The van der Waals surface area contributed by atoms with Crippen LogP contribution in [0.4, 0.5) is 0 Å². The summed E-state index contributed by atoms with van der Waals surface area (Å²) >= 11 is 0. The van der Waals surface area contributed by atoms with Gasteiger partial charge in [0, 0.05) is 30.5 Å². The molecule has 0 bridgehead atoms. The van der Waals surface area contributed by atoms with E-state index in [9.17, 15) is 4.79 Å². The maximum absolute atomic E-state index is 12.3. The van der Waals surface area contributed by atoms with Crippen LogP contribution in [0.15, 0.2) is 18.5 Å². The van der Waals surface area contributed by atoms with Crippen LogP contribution in [0.5, 0.6) is 0 Å². The van der Waals surface area contributed by atoms with E-state index in [1.54, 1.807) is 0 Å². The van der Waals surface area contributed by atoms with E-state index < -0.39 is 0 Å². The van der Waals surface area contributed by atoms with Crippen LogP contribution in [0, 0.1) is 0 Å². The molecule has 1 aromatic rings. The number of likely N-dealkylation sites (tertiary alicyclic amines) is 1. The van der Waals surface area contributed by atoms with Gasteiger partial charge in [-0.05, 0) is 38.3 Å². The number of rotatable bonds is 2. The second kappa shape index (κ2) is 4.53. The quantitative estimate of drug-likeness (QED) is 0.811. The van der Waals surface area contributed by atoms with Gasteiger partial charge in [-0.3, -0.25) is 4.79 Å². The van der Waals surface area contributed by atoms with Gasteiger partial charge in [0.05, 0.1) is 6.42 Å².